The number of nitro groups is 1. The molecule has 25 heavy (non-hydrogen) atoms. The molecule has 0 N–H and O–H groups in total. The summed E-state index contributed by atoms with van der Waals surface area (Å²) >= 11 is 3.36. The van der Waals surface area contributed by atoms with E-state index < -0.39 is 4.92 Å². The molecule has 0 heterocycles. The predicted molar refractivity (Wildman–Crippen MR) is 103 cm³/mol. The Morgan fingerprint density at radius 2 is 2.00 bits per heavy atom. The van der Waals surface area contributed by atoms with Crippen LogP contribution in [0.5, 0.6) is 0 Å². The molecule has 1 aromatic rings. The topological polar surface area (TPSA) is 63.5 Å². The number of halogens is 1. The zero-order valence-electron chi connectivity index (χ0n) is 15.0. The molecule has 0 bridgehead atoms. The van der Waals surface area contributed by atoms with Crippen molar-refractivity contribution in [2.24, 2.45) is 5.41 Å². The first-order valence-corrected chi connectivity index (χ1v) is 9.29. The van der Waals surface area contributed by atoms with Crippen LogP contribution in [0, 0.1) is 15.5 Å². The normalized spacial score (nSPS) is 17.1. The van der Waals surface area contributed by atoms with Crippen molar-refractivity contribution in [3.05, 3.63) is 50.5 Å². The number of amides is 1. The van der Waals surface area contributed by atoms with Crippen molar-refractivity contribution in [3.63, 3.8) is 0 Å². The van der Waals surface area contributed by atoms with Crippen molar-refractivity contribution in [1.29, 1.82) is 0 Å². The van der Waals surface area contributed by atoms with Crippen LogP contribution >= 0.6 is 15.9 Å². The number of benzene rings is 1. The van der Waals surface area contributed by atoms with E-state index in [0.29, 0.717) is 22.0 Å². The van der Waals surface area contributed by atoms with E-state index in [1.54, 1.807) is 6.07 Å². The fourth-order valence-corrected chi connectivity index (χ4v) is 3.71. The zero-order valence-corrected chi connectivity index (χ0v) is 16.6. The summed E-state index contributed by atoms with van der Waals surface area (Å²) in [5, 5.41) is 11.1. The molecule has 1 amide bonds. The first-order valence-electron chi connectivity index (χ1n) is 8.50. The van der Waals surface area contributed by atoms with E-state index in [1.165, 1.54) is 12.1 Å². The maximum absolute atomic E-state index is 13.2. The van der Waals surface area contributed by atoms with Gasteiger partial charge in [0.2, 0.25) is 0 Å². The fraction of sp³-hybridized carbons (Fsp3) is 0.526. The second-order valence-corrected chi connectivity index (χ2v) is 8.56. The maximum Gasteiger partial charge on any atom is 0.270 e. The second kappa shape index (κ2) is 7.68. The van der Waals surface area contributed by atoms with Crippen LogP contribution in [0.2, 0.25) is 0 Å². The van der Waals surface area contributed by atoms with Gasteiger partial charge in [-0.25, -0.2) is 0 Å². The molecule has 1 aliphatic carbocycles. The molecular formula is C19H25BrN2O3. The van der Waals surface area contributed by atoms with Gasteiger partial charge >= 0.3 is 0 Å². The Hall–Kier alpha value is -1.69. The Balaban J connectivity index is 2.32. The van der Waals surface area contributed by atoms with E-state index in [2.05, 4.69) is 36.4 Å². The SMILES string of the molecule is C=C(C)CN(C(=O)c1cc([N+](=O)[O-])ccc1Br)C1CCC(C)(C)CC1. The summed E-state index contributed by atoms with van der Waals surface area (Å²) in [6.07, 6.45) is 4.01. The third kappa shape index (κ3) is 4.91. The van der Waals surface area contributed by atoms with Crippen LogP contribution in [0.1, 0.15) is 56.8 Å². The lowest BCUT2D eigenvalue weighted by Crippen LogP contribution is -2.44. The van der Waals surface area contributed by atoms with Crippen LogP contribution in [-0.2, 0) is 0 Å². The lowest BCUT2D eigenvalue weighted by atomic mass is 9.75. The summed E-state index contributed by atoms with van der Waals surface area (Å²) in [5.74, 6) is -0.178. The molecule has 0 saturated heterocycles. The third-order valence-corrected chi connectivity index (χ3v) is 5.53. The summed E-state index contributed by atoms with van der Waals surface area (Å²) in [4.78, 5) is 25.6. The minimum absolute atomic E-state index is 0.0772. The van der Waals surface area contributed by atoms with E-state index in [0.717, 1.165) is 31.3 Å². The highest BCUT2D eigenvalue weighted by atomic mass is 79.9. The molecule has 6 heteroatoms. The van der Waals surface area contributed by atoms with Gasteiger partial charge in [-0.15, -0.1) is 0 Å². The van der Waals surface area contributed by atoms with Gasteiger partial charge in [-0.2, -0.15) is 0 Å². The van der Waals surface area contributed by atoms with Gasteiger partial charge in [-0.3, -0.25) is 14.9 Å². The largest absolute Gasteiger partial charge is 0.332 e. The number of carbonyl (C=O) groups excluding carboxylic acids is 1. The minimum atomic E-state index is -0.477. The lowest BCUT2D eigenvalue weighted by Gasteiger charge is -2.40. The Labute approximate surface area is 157 Å². The van der Waals surface area contributed by atoms with Crippen LogP contribution in [0.25, 0.3) is 0 Å². The van der Waals surface area contributed by atoms with Gasteiger partial charge < -0.3 is 4.90 Å². The number of hydrogen-bond acceptors (Lipinski definition) is 3. The van der Waals surface area contributed by atoms with Gasteiger partial charge in [0.15, 0.2) is 0 Å². The Morgan fingerprint density at radius 3 is 2.52 bits per heavy atom. The first-order chi connectivity index (χ1) is 11.6. The number of non-ortho nitro benzene ring substituents is 1. The van der Waals surface area contributed by atoms with Crippen molar-refractivity contribution in [1.82, 2.24) is 4.90 Å². The number of rotatable bonds is 5. The van der Waals surface area contributed by atoms with Crippen molar-refractivity contribution in [2.75, 3.05) is 6.54 Å². The van der Waals surface area contributed by atoms with E-state index in [-0.39, 0.29) is 17.6 Å². The molecule has 0 unspecified atom stereocenters. The standard InChI is InChI=1S/C19H25BrN2O3/c1-13(2)12-21(14-7-9-19(3,4)10-8-14)18(23)16-11-15(22(24)25)5-6-17(16)20/h5-6,11,14H,1,7-10,12H2,2-4H3. The molecule has 5 nitrogen and oxygen atoms in total. The molecule has 136 valence electrons. The third-order valence-electron chi connectivity index (χ3n) is 4.84. The molecule has 0 aliphatic heterocycles. The van der Waals surface area contributed by atoms with Crippen LogP contribution in [-0.4, -0.2) is 28.3 Å². The molecule has 1 fully saturated rings. The van der Waals surface area contributed by atoms with Gasteiger partial charge in [0.05, 0.1) is 10.5 Å². The number of nitro benzene ring substituents is 1. The van der Waals surface area contributed by atoms with Crippen LogP contribution in [0.3, 0.4) is 0 Å². The molecule has 1 aliphatic rings. The minimum Gasteiger partial charge on any atom is -0.332 e. The monoisotopic (exact) mass is 408 g/mol. The summed E-state index contributed by atoms with van der Waals surface area (Å²) in [7, 11) is 0. The number of hydrogen-bond donors (Lipinski definition) is 0. The van der Waals surface area contributed by atoms with Gasteiger partial charge in [0.1, 0.15) is 0 Å². The zero-order chi connectivity index (χ0) is 18.8. The van der Waals surface area contributed by atoms with E-state index in [4.69, 9.17) is 0 Å². The predicted octanol–water partition coefficient (Wildman–Crippen LogP) is 5.34. The molecular weight excluding hydrogens is 384 g/mol. The van der Waals surface area contributed by atoms with E-state index in [9.17, 15) is 14.9 Å². The Morgan fingerprint density at radius 1 is 1.40 bits per heavy atom. The van der Waals surface area contributed by atoms with Gasteiger partial charge in [0.25, 0.3) is 11.6 Å². The van der Waals surface area contributed by atoms with Crippen molar-refractivity contribution >= 4 is 27.5 Å². The van der Waals surface area contributed by atoms with Gasteiger partial charge in [0, 0.05) is 29.2 Å². The summed E-state index contributed by atoms with van der Waals surface area (Å²) in [6, 6.07) is 4.45. The smallest absolute Gasteiger partial charge is 0.270 e. The molecule has 0 spiro atoms. The molecule has 1 saturated carbocycles. The molecule has 0 atom stereocenters. The number of nitrogens with zero attached hydrogens (tertiary/aromatic N) is 2. The fourth-order valence-electron chi connectivity index (χ4n) is 3.30. The van der Waals surface area contributed by atoms with Crippen LogP contribution in [0.4, 0.5) is 5.69 Å². The van der Waals surface area contributed by atoms with Crippen molar-refractivity contribution < 1.29 is 9.72 Å². The average Bonchev–Trinajstić information content (AvgIpc) is 2.52. The van der Waals surface area contributed by atoms with E-state index >= 15 is 0 Å². The highest BCUT2D eigenvalue weighted by Crippen LogP contribution is 2.38. The molecule has 1 aromatic carbocycles. The van der Waals surface area contributed by atoms with E-state index in [1.807, 2.05) is 11.8 Å². The highest BCUT2D eigenvalue weighted by molar-refractivity contribution is 9.10. The summed E-state index contributed by atoms with van der Waals surface area (Å²) < 4.78 is 0.575. The number of carbonyl (C=O) groups is 1. The first kappa shape index (κ1) is 19.6. The Bertz CT molecular complexity index is 690. The second-order valence-electron chi connectivity index (χ2n) is 7.71. The van der Waals surface area contributed by atoms with Gasteiger partial charge in [-0.05, 0) is 60.0 Å². The summed E-state index contributed by atoms with van der Waals surface area (Å²) in [5.41, 5.74) is 1.47. The maximum atomic E-state index is 13.2. The lowest BCUT2D eigenvalue weighted by molar-refractivity contribution is -0.384. The summed E-state index contributed by atoms with van der Waals surface area (Å²) in [6.45, 7) is 10.8. The van der Waals surface area contributed by atoms with Crippen molar-refractivity contribution in [3.8, 4) is 0 Å². The highest BCUT2D eigenvalue weighted by Gasteiger charge is 2.33. The molecule has 0 radical (unpaired) electrons. The van der Waals surface area contributed by atoms with Crippen molar-refractivity contribution in [2.45, 2.75) is 52.5 Å². The molecule has 2 rings (SSSR count). The average molecular weight is 409 g/mol. The quantitative estimate of drug-likeness (QED) is 0.374. The molecule has 0 aromatic heterocycles. The van der Waals surface area contributed by atoms with Crippen LogP contribution < -0.4 is 0 Å². The van der Waals surface area contributed by atoms with Gasteiger partial charge in [-0.1, -0.05) is 26.0 Å². The van der Waals surface area contributed by atoms with Crippen LogP contribution in [0.15, 0.2) is 34.8 Å². The Kier molecular flexibility index (Phi) is 6.03.